The highest BCUT2D eigenvalue weighted by molar-refractivity contribution is 7.89. The molecule has 2 aromatic rings. The zero-order chi connectivity index (χ0) is 20.1. The van der Waals surface area contributed by atoms with E-state index in [0.29, 0.717) is 12.3 Å². The number of nitrogens with one attached hydrogen (secondary N) is 2. The van der Waals surface area contributed by atoms with Crippen LogP contribution in [0.15, 0.2) is 40.6 Å². The molecule has 9 heteroatoms. The van der Waals surface area contributed by atoms with Crippen LogP contribution in [0.2, 0.25) is 0 Å². The molecule has 28 heavy (non-hydrogen) atoms. The van der Waals surface area contributed by atoms with Crippen LogP contribution in [0, 0.1) is 0 Å². The standard InChI is InChI=1S/C19H25N3O4S2/c1-14(21-28(24,25)17-5-3-16(26-2)4-6-17)19(23)20-9-11-22-10-7-18-15(13-22)8-12-27-18/h3-6,8,12,14,21H,7,9-11,13H2,1-2H3,(H,20,23)/t14-/m0/s1. The summed E-state index contributed by atoms with van der Waals surface area (Å²) in [6, 6.07) is 7.31. The van der Waals surface area contributed by atoms with Crippen molar-refractivity contribution < 1.29 is 17.9 Å². The second-order valence-electron chi connectivity index (χ2n) is 6.70. The largest absolute Gasteiger partial charge is 0.497 e. The van der Waals surface area contributed by atoms with E-state index in [1.165, 1.54) is 36.6 Å². The van der Waals surface area contributed by atoms with E-state index in [1.54, 1.807) is 23.5 Å². The number of sulfonamides is 1. The number of hydrogen-bond acceptors (Lipinski definition) is 6. The fraction of sp³-hybridized carbons (Fsp3) is 0.421. The molecule has 1 atom stereocenters. The van der Waals surface area contributed by atoms with Gasteiger partial charge in [0.2, 0.25) is 15.9 Å². The summed E-state index contributed by atoms with van der Waals surface area (Å²) in [4.78, 5) is 16.1. The van der Waals surface area contributed by atoms with Crippen LogP contribution < -0.4 is 14.8 Å². The van der Waals surface area contributed by atoms with Gasteiger partial charge in [0.25, 0.3) is 0 Å². The third-order valence-corrected chi connectivity index (χ3v) is 7.29. The number of hydrogen-bond donors (Lipinski definition) is 2. The summed E-state index contributed by atoms with van der Waals surface area (Å²) in [7, 11) is -2.27. The molecular formula is C19H25N3O4S2. The highest BCUT2D eigenvalue weighted by Gasteiger charge is 2.22. The number of amides is 1. The fourth-order valence-electron chi connectivity index (χ4n) is 3.10. The number of methoxy groups -OCH3 is 1. The van der Waals surface area contributed by atoms with Gasteiger partial charge in [-0.05, 0) is 54.6 Å². The molecule has 0 saturated carbocycles. The van der Waals surface area contributed by atoms with Crippen LogP contribution >= 0.6 is 11.3 Å². The molecule has 0 spiro atoms. The molecular weight excluding hydrogens is 398 g/mol. The molecule has 1 aliphatic heterocycles. The molecule has 2 N–H and O–H groups in total. The summed E-state index contributed by atoms with van der Waals surface area (Å²) < 4.78 is 32.3. The van der Waals surface area contributed by atoms with Gasteiger partial charge in [0.1, 0.15) is 5.75 Å². The minimum atomic E-state index is -3.78. The molecule has 1 amide bonds. The van der Waals surface area contributed by atoms with Crippen molar-refractivity contribution in [3.63, 3.8) is 0 Å². The van der Waals surface area contributed by atoms with Gasteiger partial charge in [-0.2, -0.15) is 4.72 Å². The van der Waals surface area contributed by atoms with Crippen molar-refractivity contribution in [2.24, 2.45) is 0 Å². The predicted molar refractivity (Wildman–Crippen MR) is 109 cm³/mol. The van der Waals surface area contributed by atoms with Crippen molar-refractivity contribution in [3.05, 3.63) is 46.2 Å². The zero-order valence-corrected chi connectivity index (χ0v) is 17.6. The van der Waals surface area contributed by atoms with Crippen molar-refractivity contribution in [2.75, 3.05) is 26.7 Å². The number of ether oxygens (including phenoxy) is 1. The van der Waals surface area contributed by atoms with Gasteiger partial charge in [-0.3, -0.25) is 9.69 Å². The van der Waals surface area contributed by atoms with Crippen LogP contribution in [-0.2, 0) is 27.8 Å². The van der Waals surface area contributed by atoms with Gasteiger partial charge in [0.15, 0.2) is 0 Å². The molecule has 1 aromatic heterocycles. The summed E-state index contributed by atoms with van der Waals surface area (Å²) in [5.74, 6) is 0.224. The minimum Gasteiger partial charge on any atom is -0.497 e. The lowest BCUT2D eigenvalue weighted by Crippen LogP contribution is -2.46. The van der Waals surface area contributed by atoms with Crippen molar-refractivity contribution in [3.8, 4) is 5.75 Å². The highest BCUT2D eigenvalue weighted by Crippen LogP contribution is 2.23. The molecule has 7 nitrogen and oxygen atoms in total. The van der Waals surface area contributed by atoms with Crippen molar-refractivity contribution in [1.29, 1.82) is 0 Å². The Kier molecular flexibility index (Phi) is 6.71. The summed E-state index contributed by atoms with van der Waals surface area (Å²) >= 11 is 1.80. The normalized spacial score (nSPS) is 15.6. The van der Waals surface area contributed by atoms with Crippen LogP contribution in [0.3, 0.4) is 0 Å². The first-order valence-corrected chi connectivity index (χ1v) is 11.5. The number of carbonyl (C=O) groups excluding carboxylic acids is 1. The molecule has 0 radical (unpaired) electrons. The fourth-order valence-corrected chi connectivity index (χ4v) is 5.19. The smallest absolute Gasteiger partial charge is 0.241 e. The van der Waals surface area contributed by atoms with Crippen LogP contribution in [0.25, 0.3) is 0 Å². The maximum Gasteiger partial charge on any atom is 0.241 e. The van der Waals surface area contributed by atoms with Gasteiger partial charge >= 0.3 is 0 Å². The Morgan fingerprint density at radius 3 is 2.75 bits per heavy atom. The predicted octanol–water partition coefficient (Wildman–Crippen LogP) is 1.60. The van der Waals surface area contributed by atoms with Gasteiger partial charge in [0.05, 0.1) is 18.0 Å². The summed E-state index contributed by atoms with van der Waals surface area (Å²) in [5.41, 5.74) is 1.36. The maximum absolute atomic E-state index is 12.4. The van der Waals surface area contributed by atoms with Crippen molar-refractivity contribution >= 4 is 27.3 Å². The lowest BCUT2D eigenvalue weighted by atomic mass is 10.1. The molecule has 1 aliphatic rings. The lowest BCUT2D eigenvalue weighted by Gasteiger charge is -2.27. The molecule has 152 valence electrons. The van der Waals surface area contributed by atoms with Crippen LogP contribution in [-0.4, -0.2) is 52.0 Å². The highest BCUT2D eigenvalue weighted by atomic mass is 32.2. The minimum absolute atomic E-state index is 0.0906. The van der Waals surface area contributed by atoms with E-state index in [2.05, 4.69) is 26.4 Å². The third kappa shape index (κ3) is 5.11. The topological polar surface area (TPSA) is 87.7 Å². The summed E-state index contributed by atoms with van der Waals surface area (Å²) in [6.45, 7) is 4.62. The van der Waals surface area contributed by atoms with Crippen LogP contribution in [0.1, 0.15) is 17.4 Å². The van der Waals surface area contributed by atoms with Gasteiger partial charge in [0, 0.05) is 31.1 Å². The number of thiophene rings is 1. The number of fused-ring (bicyclic) bond motifs is 1. The van der Waals surface area contributed by atoms with E-state index in [-0.39, 0.29) is 10.8 Å². The van der Waals surface area contributed by atoms with E-state index < -0.39 is 16.1 Å². The Bertz CT molecular complexity index is 910. The first-order chi connectivity index (χ1) is 13.4. The van der Waals surface area contributed by atoms with Crippen LogP contribution in [0.4, 0.5) is 0 Å². The average molecular weight is 424 g/mol. The monoisotopic (exact) mass is 423 g/mol. The van der Waals surface area contributed by atoms with E-state index in [4.69, 9.17) is 4.74 Å². The van der Waals surface area contributed by atoms with E-state index in [1.807, 2.05) is 0 Å². The Morgan fingerprint density at radius 1 is 1.29 bits per heavy atom. The van der Waals surface area contributed by atoms with Crippen LogP contribution in [0.5, 0.6) is 5.75 Å². The second-order valence-corrected chi connectivity index (χ2v) is 9.42. The van der Waals surface area contributed by atoms with Crippen molar-refractivity contribution in [1.82, 2.24) is 14.9 Å². The number of nitrogens with zero attached hydrogens (tertiary/aromatic N) is 1. The molecule has 0 aliphatic carbocycles. The molecule has 0 bridgehead atoms. The Hall–Kier alpha value is -1.94. The Morgan fingerprint density at radius 2 is 2.04 bits per heavy atom. The first-order valence-electron chi connectivity index (χ1n) is 9.11. The second kappa shape index (κ2) is 9.04. The average Bonchev–Trinajstić information content (AvgIpc) is 3.15. The van der Waals surface area contributed by atoms with E-state index in [9.17, 15) is 13.2 Å². The quantitative estimate of drug-likeness (QED) is 0.673. The Labute approximate surface area is 169 Å². The maximum atomic E-state index is 12.4. The number of benzene rings is 1. The number of carbonyl (C=O) groups is 1. The van der Waals surface area contributed by atoms with Gasteiger partial charge in [-0.15, -0.1) is 11.3 Å². The molecule has 2 heterocycles. The molecule has 1 aromatic carbocycles. The van der Waals surface area contributed by atoms with Gasteiger partial charge in [-0.25, -0.2) is 8.42 Å². The SMILES string of the molecule is COc1ccc(S(=O)(=O)N[C@@H](C)C(=O)NCCN2CCc3sccc3C2)cc1. The number of rotatable bonds is 8. The Balaban J connectivity index is 1.46. The van der Waals surface area contributed by atoms with E-state index in [0.717, 1.165) is 26.1 Å². The zero-order valence-electron chi connectivity index (χ0n) is 16.0. The summed E-state index contributed by atoms with van der Waals surface area (Å²) in [6.07, 6.45) is 1.04. The lowest BCUT2D eigenvalue weighted by molar-refractivity contribution is -0.122. The third-order valence-electron chi connectivity index (χ3n) is 4.71. The van der Waals surface area contributed by atoms with Crippen molar-refractivity contribution in [2.45, 2.75) is 30.8 Å². The van der Waals surface area contributed by atoms with Gasteiger partial charge in [-0.1, -0.05) is 0 Å². The first kappa shape index (κ1) is 20.8. The molecule has 0 fully saturated rings. The summed E-state index contributed by atoms with van der Waals surface area (Å²) in [5, 5.41) is 4.93. The molecule has 0 unspecified atom stereocenters. The van der Waals surface area contributed by atoms with E-state index >= 15 is 0 Å². The molecule has 3 rings (SSSR count). The molecule has 0 saturated heterocycles. The van der Waals surface area contributed by atoms with Gasteiger partial charge < -0.3 is 10.1 Å².